The molecule has 206 valence electrons. The van der Waals surface area contributed by atoms with Gasteiger partial charge in [-0.3, -0.25) is 9.78 Å². The number of halogens is 3. The molecule has 40 heavy (non-hydrogen) atoms. The minimum absolute atomic E-state index is 0.0218. The zero-order chi connectivity index (χ0) is 28.0. The van der Waals surface area contributed by atoms with Crippen LogP contribution in [0.5, 0.6) is 0 Å². The van der Waals surface area contributed by atoms with Gasteiger partial charge in [-0.05, 0) is 73.4 Å². The molecule has 1 amide bonds. The first-order valence-corrected chi connectivity index (χ1v) is 13.3. The van der Waals surface area contributed by atoms with Crippen LogP contribution >= 0.6 is 0 Å². The number of hydrogen-bond donors (Lipinski definition) is 2. The highest BCUT2D eigenvalue weighted by Gasteiger charge is 2.40. The number of rotatable bonds is 6. The van der Waals surface area contributed by atoms with Crippen LogP contribution in [0.2, 0.25) is 0 Å². The fourth-order valence-corrected chi connectivity index (χ4v) is 5.71. The van der Waals surface area contributed by atoms with Crippen LogP contribution in [-0.4, -0.2) is 36.9 Å². The molecule has 6 rings (SSSR count). The molecule has 0 aliphatic heterocycles. The van der Waals surface area contributed by atoms with Gasteiger partial charge in [-0.1, -0.05) is 18.2 Å². The highest BCUT2D eigenvalue weighted by atomic mass is 19.1. The van der Waals surface area contributed by atoms with Crippen molar-refractivity contribution >= 4 is 11.6 Å². The number of benzene rings is 1. The topological polar surface area (TPSA) is 112 Å². The number of aromatic nitrogens is 5. The number of carbonyl (C=O) groups is 1. The van der Waals surface area contributed by atoms with Gasteiger partial charge in [-0.25, -0.2) is 22.8 Å². The summed E-state index contributed by atoms with van der Waals surface area (Å²) in [4.78, 5) is 21.4. The van der Waals surface area contributed by atoms with Crippen LogP contribution in [0.1, 0.15) is 72.7 Å². The molecular weight excluding hydrogens is 519 g/mol. The van der Waals surface area contributed by atoms with Crippen LogP contribution < -0.4 is 11.1 Å². The van der Waals surface area contributed by atoms with E-state index in [1.165, 1.54) is 18.3 Å². The quantitative estimate of drug-likeness (QED) is 0.339. The number of pyridine rings is 2. The Hall–Kier alpha value is -4.12. The Morgan fingerprint density at radius 2 is 1.85 bits per heavy atom. The molecule has 2 aliphatic carbocycles. The zero-order valence-corrected chi connectivity index (χ0v) is 21.8. The van der Waals surface area contributed by atoms with E-state index in [0.29, 0.717) is 18.0 Å². The Kier molecular flexibility index (Phi) is 6.61. The van der Waals surface area contributed by atoms with Gasteiger partial charge in [0.15, 0.2) is 0 Å². The lowest BCUT2D eigenvalue weighted by Crippen LogP contribution is -2.44. The van der Waals surface area contributed by atoms with Gasteiger partial charge in [0.05, 0.1) is 29.2 Å². The molecule has 11 heteroatoms. The summed E-state index contributed by atoms with van der Waals surface area (Å²) in [6.07, 6.45) is 9.70. The lowest BCUT2D eigenvalue weighted by Gasteiger charge is -2.42. The predicted octanol–water partition coefficient (Wildman–Crippen LogP) is 5.29. The number of nitrogens with one attached hydrogen (secondary N) is 1. The van der Waals surface area contributed by atoms with E-state index in [-0.39, 0.29) is 23.2 Å². The summed E-state index contributed by atoms with van der Waals surface area (Å²) in [5.74, 6) is -3.05. The molecule has 1 aromatic carbocycles. The van der Waals surface area contributed by atoms with E-state index in [1.807, 2.05) is 16.9 Å². The fourth-order valence-electron chi connectivity index (χ4n) is 5.71. The predicted molar refractivity (Wildman–Crippen MR) is 142 cm³/mol. The van der Waals surface area contributed by atoms with E-state index < -0.39 is 34.6 Å². The molecule has 3 heterocycles. The molecule has 2 saturated carbocycles. The highest BCUT2D eigenvalue weighted by Crippen LogP contribution is 2.45. The van der Waals surface area contributed by atoms with Crippen molar-refractivity contribution in [3.63, 3.8) is 0 Å². The smallest absolute Gasteiger partial charge is 0.274 e. The Morgan fingerprint density at radius 1 is 1.07 bits per heavy atom. The third-order valence-corrected chi connectivity index (χ3v) is 8.03. The molecule has 0 radical (unpaired) electrons. The van der Waals surface area contributed by atoms with Gasteiger partial charge < -0.3 is 11.1 Å². The monoisotopic (exact) mass is 547 g/mol. The van der Waals surface area contributed by atoms with Gasteiger partial charge in [0.25, 0.3) is 5.91 Å². The van der Waals surface area contributed by atoms with Crippen LogP contribution in [0.4, 0.5) is 18.9 Å². The number of nitrogens with zero attached hydrogens (tertiary/aromatic N) is 5. The molecule has 4 aromatic rings. The second kappa shape index (κ2) is 10.1. The van der Waals surface area contributed by atoms with E-state index in [9.17, 15) is 18.0 Å². The van der Waals surface area contributed by atoms with Crippen molar-refractivity contribution in [1.82, 2.24) is 25.0 Å². The largest absolute Gasteiger partial charge is 0.326 e. The summed E-state index contributed by atoms with van der Waals surface area (Å²) in [5, 5.41) is 11.5. The first-order valence-electron chi connectivity index (χ1n) is 13.3. The average molecular weight is 548 g/mol. The molecule has 3 N–H and O–H groups in total. The third kappa shape index (κ3) is 4.85. The first kappa shape index (κ1) is 26.1. The van der Waals surface area contributed by atoms with Gasteiger partial charge in [-0.2, -0.15) is 0 Å². The second-order valence-corrected chi connectivity index (χ2v) is 10.9. The fraction of sp³-hybridized carbons (Fsp3) is 0.345. The number of hydrogen-bond acceptors (Lipinski definition) is 6. The molecule has 0 unspecified atom stereocenters. The summed E-state index contributed by atoms with van der Waals surface area (Å²) < 4.78 is 45.1. The lowest BCUT2D eigenvalue weighted by atomic mass is 9.67. The van der Waals surface area contributed by atoms with Crippen LogP contribution in [0, 0.1) is 17.5 Å². The van der Waals surface area contributed by atoms with Crippen molar-refractivity contribution in [3.8, 4) is 11.3 Å². The van der Waals surface area contributed by atoms with Gasteiger partial charge in [0.1, 0.15) is 28.8 Å². The second-order valence-electron chi connectivity index (χ2n) is 10.9. The Labute approximate surface area is 228 Å². The summed E-state index contributed by atoms with van der Waals surface area (Å²) >= 11 is 0. The standard InChI is InChI=1S/C29H28F3N7O/c1-29(11-9-25(21(33)13-29)39-15-24(37-38-39)16-5-6-16)17-10-12-34-14-23(17)36-28(40)22-8-7-20(32)27(35-22)26-18(30)3-2-4-19(26)31/h2-4,7-8,10,12,14-16,21,25H,5-6,9,11,13,33H2,1H3,(H,36,40)/t21-,25+,29-/m1/s1. The SMILES string of the molecule is C[C@@]1(c2ccncc2NC(=O)c2ccc(F)c(-c3c(F)cccc3F)n2)CC[C@H](n2cc(C3CC3)nn2)[C@H](N)C1. The summed E-state index contributed by atoms with van der Waals surface area (Å²) in [5.41, 5.74) is 7.23. The van der Waals surface area contributed by atoms with Gasteiger partial charge >= 0.3 is 0 Å². The minimum Gasteiger partial charge on any atom is -0.326 e. The van der Waals surface area contributed by atoms with Crippen molar-refractivity contribution in [2.45, 2.75) is 62.4 Å². The van der Waals surface area contributed by atoms with Gasteiger partial charge in [0.2, 0.25) is 0 Å². The van der Waals surface area contributed by atoms with Crippen molar-refractivity contribution in [1.29, 1.82) is 0 Å². The molecule has 0 bridgehead atoms. The Balaban J connectivity index is 1.23. The maximum atomic E-state index is 14.5. The van der Waals surface area contributed by atoms with Crippen molar-refractivity contribution in [2.75, 3.05) is 5.32 Å². The van der Waals surface area contributed by atoms with Crippen LogP contribution in [0.3, 0.4) is 0 Å². The van der Waals surface area contributed by atoms with E-state index >= 15 is 0 Å². The molecule has 3 atom stereocenters. The summed E-state index contributed by atoms with van der Waals surface area (Å²) in [7, 11) is 0. The van der Waals surface area contributed by atoms with Crippen molar-refractivity contribution < 1.29 is 18.0 Å². The van der Waals surface area contributed by atoms with E-state index in [2.05, 4.69) is 32.5 Å². The average Bonchev–Trinajstić information content (AvgIpc) is 3.67. The molecule has 2 fully saturated rings. The lowest BCUT2D eigenvalue weighted by molar-refractivity contribution is 0.102. The molecule has 8 nitrogen and oxygen atoms in total. The summed E-state index contributed by atoms with van der Waals surface area (Å²) in [6, 6.07) is 6.99. The molecular formula is C29H28F3N7O. The van der Waals surface area contributed by atoms with Crippen LogP contribution in [-0.2, 0) is 5.41 Å². The maximum Gasteiger partial charge on any atom is 0.274 e. The normalized spacial score (nSPS) is 22.7. The van der Waals surface area contributed by atoms with E-state index in [1.54, 1.807) is 6.20 Å². The van der Waals surface area contributed by atoms with Crippen molar-refractivity contribution in [2.24, 2.45) is 5.73 Å². The van der Waals surface area contributed by atoms with Gasteiger partial charge in [0, 0.05) is 24.4 Å². The minimum atomic E-state index is -0.979. The maximum absolute atomic E-state index is 14.5. The van der Waals surface area contributed by atoms with E-state index in [0.717, 1.165) is 55.1 Å². The molecule has 0 spiro atoms. The highest BCUT2D eigenvalue weighted by molar-refractivity contribution is 6.03. The number of carbonyl (C=O) groups excluding carboxylic acids is 1. The van der Waals surface area contributed by atoms with Crippen LogP contribution in [0.15, 0.2) is 55.0 Å². The first-order chi connectivity index (χ1) is 19.2. The van der Waals surface area contributed by atoms with Crippen molar-refractivity contribution in [3.05, 3.63) is 89.4 Å². The Morgan fingerprint density at radius 3 is 2.58 bits per heavy atom. The third-order valence-electron chi connectivity index (χ3n) is 8.03. The Bertz CT molecular complexity index is 1570. The van der Waals surface area contributed by atoms with Crippen LogP contribution in [0.25, 0.3) is 11.3 Å². The van der Waals surface area contributed by atoms with E-state index in [4.69, 9.17) is 5.73 Å². The summed E-state index contributed by atoms with van der Waals surface area (Å²) in [6.45, 7) is 2.10. The van der Waals surface area contributed by atoms with Gasteiger partial charge in [-0.15, -0.1) is 5.10 Å². The number of nitrogens with two attached hydrogens (primary N) is 1. The number of amides is 1. The molecule has 0 saturated heterocycles. The molecule has 3 aromatic heterocycles. The molecule has 2 aliphatic rings. The zero-order valence-electron chi connectivity index (χ0n) is 21.8. The number of anilines is 1.